The quantitative estimate of drug-likeness (QED) is 0.591. The molecule has 0 fully saturated rings. The highest BCUT2D eigenvalue weighted by Crippen LogP contribution is 2.28. The maximum absolute atomic E-state index is 11.3. The molecule has 92 valence electrons. The van der Waals surface area contributed by atoms with Crippen molar-refractivity contribution in [2.24, 2.45) is 0 Å². The van der Waals surface area contributed by atoms with Crippen LogP contribution in [0.25, 0.3) is 0 Å². The van der Waals surface area contributed by atoms with Crippen molar-refractivity contribution in [1.29, 1.82) is 0 Å². The summed E-state index contributed by atoms with van der Waals surface area (Å²) in [5.74, 6) is 0.222. The normalized spacial score (nSPS) is 9.82. The van der Waals surface area contributed by atoms with Gasteiger partial charge in [-0.05, 0) is 41.1 Å². The molecule has 0 amide bonds. The lowest BCUT2D eigenvalue weighted by Crippen LogP contribution is -2.13. The van der Waals surface area contributed by atoms with Gasteiger partial charge in [-0.2, -0.15) is 0 Å². The summed E-state index contributed by atoms with van der Waals surface area (Å²) in [4.78, 5) is 11.3. The molecular formula is C12H12Br2O3. The molecule has 3 nitrogen and oxygen atoms in total. The highest BCUT2D eigenvalue weighted by atomic mass is 79.9. The zero-order valence-electron chi connectivity index (χ0n) is 9.33. The Morgan fingerprint density at radius 1 is 1.41 bits per heavy atom. The van der Waals surface area contributed by atoms with E-state index in [9.17, 15) is 4.79 Å². The number of carbonyl (C=O) groups excluding carboxylic acids is 1. The monoisotopic (exact) mass is 362 g/mol. The second-order valence-electron chi connectivity index (χ2n) is 3.19. The van der Waals surface area contributed by atoms with Crippen LogP contribution >= 0.6 is 31.9 Å². The van der Waals surface area contributed by atoms with Gasteiger partial charge in [0.05, 0.1) is 16.7 Å². The van der Waals surface area contributed by atoms with Gasteiger partial charge in [0.15, 0.2) is 0 Å². The van der Waals surface area contributed by atoms with E-state index in [1.807, 2.05) is 12.1 Å². The molecule has 1 rings (SSSR count). The van der Waals surface area contributed by atoms with E-state index in [-0.39, 0.29) is 6.61 Å². The van der Waals surface area contributed by atoms with Gasteiger partial charge in [-0.1, -0.05) is 22.5 Å². The molecule has 17 heavy (non-hydrogen) atoms. The third-order valence-corrected chi connectivity index (χ3v) is 2.97. The van der Waals surface area contributed by atoms with E-state index in [1.165, 1.54) is 0 Å². The van der Waals surface area contributed by atoms with Gasteiger partial charge in [0.2, 0.25) is 0 Å². The minimum absolute atomic E-state index is 0.110. The summed E-state index contributed by atoms with van der Waals surface area (Å²) in [5.41, 5.74) is 0.293. The van der Waals surface area contributed by atoms with Crippen LogP contribution < -0.4 is 4.74 Å². The molecule has 0 aliphatic carbocycles. The molecule has 1 aromatic carbocycles. The number of esters is 1. The topological polar surface area (TPSA) is 35.5 Å². The van der Waals surface area contributed by atoms with Crippen LogP contribution in [0.5, 0.6) is 5.75 Å². The average Bonchev–Trinajstić information content (AvgIpc) is 2.27. The predicted octanol–water partition coefficient (Wildman–Crippen LogP) is 3.71. The molecule has 0 saturated heterocycles. The Labute approximate surface area is 117 Å². The van der Waals surface area contributed by atoms with Crippen molar-refractivity contribution < 1.29 is 14.3 Å². The Bertz CT molecular complexity index is 430. The fourth-order valence-corrected chi connectivity index (χ4v) is 2.21. The molecule has 0 aliphatic heterocycles. The lowest BCUT2D eigenvalue weighted by Gasteiger charge is -2.09. The van der Waals surface area contributed by atoms with Gasteiger partial charge < -0.3 is 9.47 Å². The standard InChI is InChI=1S/C12H12Br2O3/c1-3-16-12(15)8(2)7-17-11-5-4-9(13)6-10(11)14/h4-6H,2-3,7H2,1H3. The lowest BCUT2D eigenvalue weighted by molar-refractivity contribution is -0.138. The van der Waals surface area contributed by atoms with E-state index in [4.69, 9.17) is 9.47 Å². The first-order valence-corrected chi connectivity index (χ1v) is 6.56. The number of halogens is 2. The first kappa shape index (κ1) is 14.3. The smallest absolute Gasteiger partial charge is 0.336 e. The van der Waals surface area contributed by atoms with Crippen LogP contribution in [0, 0.1) is 0 Å². The van der Waals surface area contributed by atoms with Crippen LogP contribution in [0.2, 0.25) is 0 Å². The Kier molecular flexibility index (Phi) is 5.71. The molecular weight excluding hydrogens is 352 g/mol. The van der Waals surface area contributed by atoms with E-state index in [0.717, 1.165) is 8.95 Å². The fraction of sp³-hybridized carbons (Fsp3) is 0.250. The second kappa shape index (κ2) is 6.81. The molecule has 0 aliphatic rings. The third-order valence-electron chi connectivity index (χ3n) is 1.86. The van der Waals surface area contributed by atoms with Gasteiger partial charge in [0, 0.05) is 4.47 Å². The largest absolute Gasteiger partial charge is 0.487 e. The van der Waals surface area contributed by atoms with Gasteiger partial charge in [-0.15, -0.1) is 0 Å². The van der Waals surface area contributed by atoms with Crippen molar-refractivity contribution in [2.75, 3.05) is 13.2 Å². The summed E-state index contributed by atoms with van der Waals surface area (Å²) in [7, 11) is 0. The summed E-state index contributed by atoms with van der Waals surface area (Å²) in [6.07, 6.45) is 0. The van der Waals surface area contributed by atoms with Gasteiger partial charge >= 0.3 is 5.97 Å². The van der Waals surface area contributed by atoms with Crippen molar-refractivity contribution in [3.8, 4) is 5.75 Å². The average molecular weight is 364 g/mol. The summed E-state index contributed by atoms with van der Waals surface area (Å²) in [6, 6.07) is 5.52. The third kappa shape index (κ3) is 4.52. The summed E-state index contributed by atoms with van der Waals surface area (Å²) >= 11 is 6.71. The minimum Gasteiger partial charge on any atom is -0.487 e. The minimum atomic E-state index is -0.430. The molecule has 0 spiro atoms. The molecule has 0 bridgehead atoms. The molecule has 5 heteroatoms. The van der Waals surface area contributed by atoms with E-state index in [2.05, 4.69) is 38.4 Å². The Morgan fingerprint density at radius 3 is 2.71 bits per heavy atom. The van der Waals surface area contributed by atoms with E-state index in [0.29, 0.717) is 17.9 Å². The number of ether oxygens (including phenoxy) is 2. The van der Waals surface area contributed by atoms with Crippen molar-refractivity contribution in [3.05, 3.63) is 39.3 Å². The lowest BCUT2D eigenvalue weighted by atomic mass is 10.3. The van der Waals surface area contributed by atoms with Crippen LogP contribution in [-0.2, 0) is 9.53 Å². The zero-order chi connectivity index (χ0) is 12.8. The van der Waals surface area contributed by atoms with Crippen molar-refractivity contribution in [3.63, 3.8) is 0 Å². The van der Waals surface area contributed by atoms with Gasteiger partial charge in [-0.25, -0.2) is 4.79 Å². The Balaban J connectivity index is 2.56. The molecule has 0 unspecified atom stereocenters. The van der Waals surface area contributed by atoms with Crippen molar-refractivity contribution in [2.45, 2.75) is 6.92 Å². The van der Waals surface area contributed by atoms with E-state index >= 15 is 0 Å². The summed E-state index contributed by atoms with van der Waals surface area (Å²) < 4.78 is 12.0. The second-order valence-corrected chi connectivity index (χ2v) is 4.96. The summed E-state index contributed by atoms with van der Waals surface area (Å²) in [6.45, 7) is 5.80. The Hall–Kier alpha value is -0.810. The molecule has 0 radical (unpaired) electrons. The van der Waals surface area contributed by atoms with Gasteiger partial charge in [0.25, 0.3) is 0 Å². The Morgan fingerprint density at radius 2 is 2.12 bits per heavy atom. The van der Waals surface area contributed by atoms with Crippen LogP contribution in [0.3, 0.4) is 0 Å². The zero-order valence-corrected chi connectivity index (χ0v) is 12.5. The number of hydrogen-bond acceptors (Lipinski definition) is 3. The van der Waals surface area contributed by atoms with Gasteiger partial charge in [-0.3, -0.25) is 0 Å². The highest BCUT2D eigenvalue weighted by molar-refractivity contribution is 9.11. The van der Waals surface area contributed by atoms with Crippen LogP contribution in [0.4, 0.5) is 0 Å². The first-order chi connectivity index (χ1) is 8.04. The molecule has 0 saturated carbocycles. The van der Waals surface area contributed by atoms with Crippen LogP contribution in [-0.4, -0.2) is 19.2 Å². The number of carbonyl (C=O) groups is 1. The number of benzene rings is 1. The van der Waals surface area contributed by atoms with Crippen LogP contribution in [0.15, 0.2) is 39.3 Å². The van der Waals surface area contributed by atoms with E-state index < -0.39 is 5.97 Å². The number of hydrogen-bond donors (Lipinski definition) is 0. The molecule has 0 heterocycles. The molecule has 0 aromatic heterocycles. The maximum atomic E-state index is 11.3. The predicted molar refractivity (Wildman–Crippen MR) is 73.1 cm³/mol. The first-order valence-electron chi connectivity index (χ1n) is 4.97. The number of rotatable bonds is 5. The highest BCUT2D eigenvalue weighted by Gasteiger charge is 2.09. The molecule has 0 N–H and O–H groups in total. The van der Waals surface area contributed by atoms with Crippen molar-refractivity contribution in [1.82, 2.24) is 0 Å². The van der Waals surface area contributed by atoms with Gasteiger partial charge in [0.1, 0.15) is 12.4 Å². The molecule has 0 atom stereocenters. The van der Waals surface area contributed by atoms with Crippen LogP contribution in [0.1, 0.15) is 6.92 Å². The SMILES string of the molecule is C=C(COc1ccc(Br)cc1Br)C(=O)OCC. The maximum Gasteiger partial charge on any atom is 0.336 e. The summed E-state index contributed by atoms with van der Waals surface area (Å²) in [5, 5.41) is 0. The van der Waals surface area contributed by atoms with E-state index in [1.54, 1.807) is 13.0 Å². The van der Waals surface area contributed by atoms with Crippen molar-refractivity contribution >= 4 is 37.8 Å². The molecule has 1 aromatic rings. The fourth-order valence-electron chi connectivity index (χ4n) is 1.05.